The number of hydrogen-bond donors (Lipinski definition) is 0. The molecule has 29 heavy (non-hydrogen) atoms. The number of aryl methyl sites for hydroxylation is 1. The van der Waals surface area contributed by atoms with Crippen LogP contribution in [-0.4, -0.2) is 27.5 Å². The lowest BCUT2D eigenvalue weighted by Gasteiger charge is -2.22. The molecule has 0 aliphatic carbocycles. The van der Waals surface area contributed by atoms with Crippen molar-refractivity contribution in [2.45, 2.75) is 51.5 Å². The Morgan fingerprint density at radius 3 is 2.66 bits per heavy atom. The van der Waals surface area contributed by atoms with E-state index >= 15 is 0 Å². The molecule has 0 bridgehead atoms. The Kier molecular flexibility index (Phi) is 6.03. The third-order valence-corrected chi connectivity index (χ3v) is 5.54. The van der Waals surface area contributed by atoms with Crippen molar-refractivity contribution >= 4 is 5.91 Å². The first-order valence-corrected chi connectivity index (χ1v) is 10.5. The van der Waals surface area contributed by atoms with Crippen molar-refractivity contribution in [2.24, 2.45) is 0 Å². The molecule has 5 nitrogen and oxygen atoms in total. The Labute approximate surface area is 171 Å². The molecule has 1 atom stereocenters. The Bertz CT molecular complexity index is 934. The quantitative estimate of drug-likeness (QED) is 0.504. The summed E-state index contributed by atoms with van der Waals surface area (Å²) in [4.78, 5) is 19.6. The van der Waals surface area contributed by atoms with Gasteiger partial charge in [0.15, 0.2) is 0 Å². The fourth-order valence-corrected chi connectivity index (χ4v) is 3.90. The van der Waals surface area contributed by atoms with Gasteiger partial charge >= 0.3 is 0 Å². The van der Waals surface area contributed by atoms with Crippen molar-refractivity contribution in [1.82, 2.24) is 15.0 Å². The molecule has 1 unspecified atom stereocenters. The zero-order valence-corrected chi connectivity index (χ0v) is 16.9. The lowest BCUT2D eigenvalue weighted by atomic mass is 10.0. The summed E-state index contributed by atoms with van der Waals surface area (Å²) in [6.45, 7) is 2.92. The Balaban J connectivity index is 1.47. The molecule has 1 aromatic heterocycles. The minimum atomic E-state index is -0.156. The number of nitrogens with zero attached hydrogens (tertiary/aromatic N) is 3. The smallest absolute Gasteiger partial charge is 0.254 e. The van der Waals surface area contributed by atoms with E-state index < -0.39 is 0 Å². The average Bonchev–Trinajstić information content (AvgIpc) is 3.44. The number of likely N-dealkylation sites (tertiary alicyclic amines) is 1. The molecule has 5 heteroatoms. The second kappa shape index (κ2) is 9.03. The molecule has 3 aromatic rings. The van der Waals surface area contributed by atoms with Crippen LogP contribution in [0.5, 0.6) is 0 Å². The summed E-state index contributed by atoms with van der Waals surface area (Å²) in [6, 6.07) is 17.6. The van der Waals surface area contributed by atoms with E-state index in [1.165, 1.54) is 24.8 Å². The predicted molar refractivity (Wildman–Crippen MR) is 112 cm³/mol. The highest BCUT2D eigenvalue weighted by Gasteiger charge is 2.34. The minimum absolute atomic E-state index is 0.0343. The van der Waals surface area contributed by atoms with Crippen LogP contribution in [-0.2, 0) is 6.42 Å². The Morgan fingerprint density at radius 1 is 1.10 bits per heavy atom. The second-order valence-electron chi connectivity index (χ2n) is 7.63. The van der Waals surface area contributed by atoms with Gasteiger partial charge in [-0.15, -0.1) is 0 Å². The number of rotatable bonds is 7. The second-order valence-corrected chi connectivity index (χ2v) is 7.63. The van der Waals surface area contributed by atoms with E-state index in [0.29, 0.717) is 18.3 Å². The first-order chi connectivity index (χ1) is 14.3. The van der Waals surface area contributed by atoms with Gasteiger partial charge in [-0.2, -0.15) is 4.98 Å². The van der Waals surface area contributed by atoms with Crippen molar-refractivity contribution in [2.75, 3.05) is 6.54 Å². The van der Waals surface area contributed by atoms with E-state index in [4.69, 9.17) is 4.52 Å². The standard InChI is InChI=1S/C24H27N3O2/c1-2-3-5-9-18-13-15-20(16-14-18)24(28)27-17-8-12-21(27)23-25-22(26-29-23)19-10-6-4-7-11-19/h4,6-7,10-11,13-16,21H,2-3,5,8-9,12,17H2,1H3. The van der Waals surface area contributed by atoms with Gasteiger partial charge in [-0.3, -0.25) is 4.79 Å². The van der Waals surface area contributed by atoms with Gasteiger partial charge in [0, 0.05) is 17.7 Å². The highest BCUT2D eigenvalue weighted by molar-refractivity contribution is 5.94. The summed E-state index contributed by atoms with van der Waals surface area (Å²) >= 11 is 0. The van der Waals surface area contributed by atoms with Gasteiger partial charge in [0.05, 0.1) is 0 Å². The molecule has 1 fully saturated rings. The minimum Gasteiger partial charge on any atom is -0.337 e. The van der Waals surface area contributed by atoms with E-state index in [1.807, 2.05) is 47.4 Å². The van der Waals surface area contributed by atoms with Crippen LogP contribution in [0.15, 0.2) is 59.1 Å². The zero-order chi connectivity index (χ0) is 20.1. The summed E-state index contributed by atoms with van der Waals surface area (Å²) in [5.41, 5.74) is 2.92. The third kappa shape index (κ3) is 4.39. The highest BCUT2D eigenvalue weighted by atomic mass is 16.5. The SMILES string of the molecule is CCCCCc1ccc(C(=O)N2CCCC2c2nc(-c3ccccc3)no2)cc1. The van der Waals surface area contributed by atoms with Crippen LogP contribution in [0, 0.1) is 0 Å². The number of carbonyl (C=O) groups excluding carboxylic acids is 1. The third-order valence-electron chi connectivity index (χ3n) is 5.54. The van der Waals surface area contributed by atoms with Crippen molar-refractivity contribution in [3.05, 3.63) is 71.6 Å². The maximum atomic E-state index is 13.1. The molecule has 0 saturated carbocycles. The van der Waals surface area contributed by atoms with Crippen molar-refractivity contribution in [3.8, 4) is 11.4 Å². The van der Waals surface area contributed by atoms with Crippen LogP contribution in [0.2, 0.25) is 0 Å². The summed E-state index contributed by atoms with van der Waals surface area (Å²) in [5.74, 6) is 1.12. The number of amides is 1. The molecular formula is C24H27N3O2. The van der Waals surface area contributed by atoms with E-state index in [9.17, 15) is 4.79 Å². The van der Waals surface area contributed by atoms with Crippen LogP contribution >= 0.6 is 0 Å². The molecule has 2 heterocycles. The summed E-state index contributed by atoms with van der Waals surface area (Å²) in [7, 11) is 0. The maximum Gasteiger partial charge on any atom is 0.254 e. The fraction of sp³-hybridized carbons (Fsp3) is 0.375. The normalized spacial score (nSPS) is 16.3. The van der Waals surface area contributed by atoms with Crippen LogP contribution in [0.3, 0.4) is 0 Å². The largest absolute Gasteiger partial charge is 0.337 e. The number of hydrogen-bond acceptors (Lipinski definition) is 4. The molecular weight excluding hydrogens is 362 g/mol. The van der Waals surface area contributed by atoms with Crippen LogP contribution in [0.1, 0.15) is 66.9 Å². The first kappa shape index (κ1) is 19.4. The summed E-state index contributed by atoms with van der Waals surface area (Å²) in [5, 5.41) is 4.12. The van der Waals surface area contributed by atoms with Gasteiger partial charge in [0.2, 0.25) is 11.7 Å². The molecule has 0 radical (unpaired) electrons. The van der Waals surface area contributed by atoms with Gasteiger partial charge in [-0.1, -0.05) is 67.4 Å². The molecule has 2 aromatic carbocycles. The number of carbonyl (C=O) groups is 1. The Hall–Kier alpha value is -2.95. The van der Waals surface area contributed by atoms with Gasteiger partial charge in [0.1, 0.15) is 6.04 Å². The topological polar surface area (TPSA) is 59.2 Å². The zero-order valence-electron chi connectivity index (χ0n) is 16.9. The van der Waals surface area contributed by atoms with E-state index in [0.717, 1.165) is 30.4 Å². The fourth-order valence-electron chi connectivity index (χ4n) is 3.90. The van der Waals surface area contributed by atoms with Crippen LogP contribution < -0.4 is 0 Å². The lowest BCUT2D eigenvalue weighted by Crippen LogP contribution is -2.30. The average molecular weight is 389 g/mol. The van der Waals surface area contributed by atoms with Crippen molar-refractivity contribution in [1.29, 1.82) is 0 Å². The van der Waals surface area contributed by atoms with Gasteiger partial charge in [-0.05, 0) is 43.4 Å². The van der Waals surface area contributed by atoms with Crippen molar-refractivity contribution in [3.63, 3.8) is 0 Å². The molecule has 1 amide bonds. The van der Waals surface area contributed by atoms with E-state index in [1.54, 1.807) is 0 Å². The Morgan fingerprint density at radius 2 is 1.90 bits per heavy atom. The first-order valence-electron chi connectivity index (χ1n) is 10.5. The monoisotopic (exact) mass is 389 g/mol. The van der Waals surface area contributed by atoms with E-state index in [-0.39, 0.29) is 11.9 Å². The number of aromatic nitrogens is 2. The molecule has 0 N–H and O–H groups in total. The van der Waals surface area contributed by atoms with Crippen LogP contribution in [0.25, 0.3) is 11.4 Å². The summed E-state index contributed by atoms with van der Waals surface area (Å²) < 4.78 is 5.54. The van der Waals surface area contributed by atoms with Crippen LogP contribution in [0.4, 0.5) is 0 Å². The molecule has 1 aliphatic heterocycles. The van der Waals surface area contributed by atoms with Gasteiger partial charge in [-0.25, -0.2) is 0 Å². The van der Waals surface area contributed by atoms with E-state index in [2.05, 4.69) is 29.2 Å². The molecule has 1 aliphatic rings. The molecule has 150 valence electrons. The predicted octanol–water partition coefficient (Wildman–Crippen LogP) is 5.45. The maximum absolute atomic E-state index is 13.1. The van der Waals surface area contributed by atoms with Gasteiger partial charge < -0.3 is 9.42 Å². The summed E-state index contributed by atoms with van der Waals surface area (Å²) in [6.07, 6.45) is 6.50. The van der Waals surface area contributed by atoms with Gasteiger partial charge in [0.25, 0.3) is 5.91 Å². The molecule has 4 rings (SSSR count). The molecule has 1 saturated heterocycles. The van der Waals surface area contributed by atoms with Crippen molar-refractivity contribution < 1.29 is 9.32 Å². The number of benzene rings is 2. The lowest BCUT2D eigenvalue weighted by molar-refractivity contribution is 0.0710. The highest BCUT2D eigenvalue weighted by Crippen LogP contribution is 2.33. The number of unbranched alkanes of at least 4 members (excludes halogenated alkanes) is 2. The molecule has 0 spiro atoms.